The van der Waals surface area contributed by atoms with Crippen molar-refractivity contribution >= 4 is 16.0 Å². The quantitative estimate of drug-likeness (QED) is 0.630. The van der Waals surface area contributed by atoms with Gasteiger partial charge in [0, 0.05) is 18.9 Å². The first-order valence-electron chi connectivity index (χ1n) is 8.26. The highest BCUT2D eigenvalue weighted by Crippen LogP contribution is 2.12. The van der Waals surface area contributed by atoms with Crippen molar-refractivity contribution < 1.29 is 17.9 Å². The van der Waals surface area contributed by atoms with Crippen LogP contribution in [0.3, 0.4) is 0 Å². The van der Waals surface area contributed by atoms with Crippen LogP contribution < -0.4 is 4.72 Å². The topological polar surface area (TPSA) is 90.3 Å². The highest BCUT2D eigenvalue weighted by molar-refractivity contribution is 7.89. The molecule has 2 aromatic carbocycles. The first-order chi connectivity index (χ1) is 13.0. The molecule has 0 aliphatic carbocycles. The number of nitrogens with zero attached hydrogens (tertiary/aromatic N) is 2. The largest absolute Gasteiger partial charge is 0.465 e. The van der Waals surface area contributed by atoms with Crippen molar-refractivity contribution in [2.45, 2.75) is 11.3 Å². The number of benzene rings is 2. The zero-order valence-corrected chi connectivity index (χ0v) is 15.5. The van der Waals surface area contributed by atoms with Gasteiger partial charge in [0.25, 0.3) is 0 Å². The first kappa shape index (κ1) is 18.8. The molecule has 8 heteroatoms. The minimum absolute atomic E-state index is 0.101. The van der Waals surface area contributed by atoms with Crippen molar-refractivity contribution in [3.63, 3.8) is 0 Å². The van der Waals surface area contributed by atoms with Crippen LogP contribution in [0, 0.1) is 0 Å². The van der Waals surface area contributed by atoms with Gasteiger partial charge in [0.05, 0.1) is 23.3 Å². The van der Waals surface area contributed by atoms with Gasteiger partial charge in [-0.2, -0.15) is 5.10 Å². The molecule has 7 nitrogen and oxygen atoms in total. The van der Waals surface area contributed by atoms with E-state index in [4.69, 9.17) is 0 Å². The second-order valence-electron chi connectivity index (χ2n) is 5.78. The van der Waals surface area contributed by atoms with Gasteiger partial charge in [-0.25, -0.2) is 22.6 Å². The minimum atomic E-state index is -3.64. The molecule has 0 amide bonds. The Balaban J connectivity index is 1.58. The maximum absolute atomic E-state index is 12.3. The number of carbonyl (C=O) groups is 1. The Hall–Kier alpha value is -2.97. The molecule has 3 rings (SSSR count). The van der Waals surface area contributed by atoms with Crippen LogP contribution in [0.5, 0.6) is 0 Å². The van der Waals surface area contributed by atoms with Crippen molar-refractivity contribution in [2.75, 3.05) is 13.7 Å². The molecule has 0 aliphatic rings. The predicted molar refractivity (Wildman–Crippen MR) is 100 cm³/mol. The lowest BCUT2D eigenvalue weighted by molar-refractivity contribution is 0.0600. The summed E-state index contributed by atoms with van der Waals surface area (Å²) in [5, 5.41) is 4.16. The number of carbonyl (C=O) groups excluding carboxylic acids is 1. The Labute approximate surface area is 157 Å². The SMILES string of the molecule is COC(=O)c1ccc(S(=O)(=O)NCCc2ccc(-n3cccn3)cc2)cc1. The number of ether oxygens (including phenoxy) is 1. The van der Waals surface area contributed by atoms with Crippen molar-refractivity contribution in [3.05, 3.63) is 78.1 Å². The fraction of sp³-hybridized carbons (Fsp3) is 0.158. The summed E-state index contributed by atoms with van der Waals surface area (Å²) in [5.74, 6) is -0.509. The Bertz CT molecular complexity index is 996. The van der Waals surface area contributed by atoms with E-state index in [2.05, 4.69) is 14.6 Å². The second-order valence-corrected chi connectivity index (χ2v) is 7.55. The molecule has 27 heavy (non-hydrogen) atoms. The molecule has 0 atom stereocenters. The number of methoxy groups -OCH3 is 1. The fourth-order valence-corrected chi connectivity index (χ4v) is 3.57. The molecule has 0 aliphatic heterocycles. The average molecular weight is 385 g/mol. The minimum Gasteiger partial charge on any atom is -0.465 e. The molecular formula is C19H19N3O4S. The number of esters is 1. The van der Waals surface area contributed by atoms with Gasteiger partial charge in [-0.1, -0.05) is 12.1 Å². The van der Waals surface area contributed by atoms with Gasteiger partial charge < -0.3 is 4.74 Å². The molecule has 0 unspecified atom stereocenters. The summed E-state index contributed by atoms with van der Waals surface area (Å²) in [5.41, 5.74) is 2.25. The summed E-state index contributed by atoms with van der Waals surface area (Å²) in [6, 6.07) is 15.2. The smallest absolute Gasteiger partial charge is 0.337 e. The molecule has 1 N–H and O–H groups in total. The second kappa shape index (κ2) is 8.15. The van der Waals surface area contributed by atoms with E-state index in [1.165, 1.54) is 31.4 Å². The van der Waals surface area contributed by atoms with Crippen molar-refractivity contribution in [1.29, 1.82) is 0 Å². The van der Waals surface area contributed by atoms with E-state index in [0.29, 0.717) is 12.0 Å². The van der Waals surface area contributed by atoms with Crippen LogP contribution in [0.1, 0.15) is 15.9 Å². The van der Waals surface area contributed by atoms with Gasteiger partial charge in [-0.05, 0) is 54.4 Å². The van der Waals surface area contributed by atoms with Crippen molar-refractivity contribution in [1.82, 2.24) is 14.5 Å². The van der Waals surface area contributed by atoms with E-state index in [0.717, 1.165) is 11.3 Å². The Morgan fingerprint density at radius 2 is 1.81 bits per heavy atom. The third-order valence-corrected chi connectivity index (χ3v) is 5.47. The summed E-state index contributed by atoms with van der Waals surface area (Å²) in [6.07, 6.45) is 4.12. The van der Waals surface area contributed by atoms with Gasteiger partial charge >= 0.3 is 5.97 Å². The van der Waals surface area contributed by atoms with Crippen LogP contribution in [0.2, 0.25) is 0 Å². The molecule has 140 valence electrons. The normalized spacial score (nSPS) is 11.3. The third kappa shape index (κ3) is 4.60. The van der Waals surface area contributed by atoms with Crippen LogP contribution >= 0.6 is 0 Å². The molecule has 0 bridgehead atoms. The molecule has 0 saturated heterocycles. The molecule has 1 heterocycles. The third-order valence-electron chi connectivity index (χ3n) is 4.00. The number of hydrogen-bond acceptors (Lipinski definition) is 5. The monoisotopic (exact) mass is 385 g/mol. The standard InChI is InChI=1S/C19H19N3O4S/c1-26-19(23)16-5-9-18(10-6-16)27(24,25)21-13-11-15-3-7-17(8-4-15)22-14-2-12-20-22/h2-10,12,14,21H,11,13H2,1H3. The summed E-state index contributed by atoms with van der Waals surface area (Å²) < 4.78 is 33.6. The van der Waals surface area contributed by atoms with E-state index in [-0.39, 0.29) is 11.4 Å². The molecule has 0 radical (unpaired) electrons. The summed E-state index contributed by atoms with van der Waals surface area (Å²) in [4.78, 5) is 11.5. The zero-order chi connectivity index (χ0) is 19.3. The highest BCUT2D eigenvalue weighted by atomic mass is 32.2. The van der Waals surface area contributed by atoms with E-state index in [1.54, 1.807) is 10.9 Å². The van der Waals surface area contributed by atoms with Gasteiger partial charge in [-0.15, -0.1) is 0 Å². The van der Waals surface area contributed by atoms with Crippen LogP contribution in [0.15, 0.2) is 71.9 Å². The van der Waals surface area contributed by atoms with Crippen molar-refractivity contribution in [2.24, 2.45) is 0 Å². The number of rotatable bonds is 7. The molecule has 1 aromatic heterocycles. The van der Waals surface area contributed by atoms with Gasteiger partial charge in [-0.3, -0.25) is 0 Å². The van der Waals surface area contributed by atoms with E-state index >= 15 is 0 Å². The lowest BCUT2D eigenvalue weighted by Gasteiger charge is -2.08. The van der Waals surface area contributed by atoms with E-state index in [9.17, 15) is 13.2 Å². The molecular weight excluding hydrogens is 366 g/mol. The number of sulfonamides is 1. The first-order valence-corrected chi connectivity index (χ1v) is 9.75. The lowest BCUT2D eigenvalue weighted by Crippen LogP contribution is -2.26. The number of aromatic nitrogens is 2. The average Bonchev–Trinajstić information content (AvgIpc) is 3.23. The summed E-state index contributed by atoms with van der Waals surface area (Å²) in [6.45, 7) is 0.266. The number of hydrogen-bond donors (Lipinski definition) is 1. The molecule has 0 fully saturated rings. The summed E-state index contributed by atoms with van der Waals surface area (Å²) in [7, 11) is -2.37. The van der Waals surface area contributed by atoms with Crippen LogP contribution in [-0.2, 0) is 21.2 Å². The number of nitrogens with one attached hydrogen (secondary N) is 1. The van der Waals surface area contributed by atoms with Crippen LogP contribution in [0.25, 0.3) is 5.69 Å². The van der Waals surface area contributed by atoms with Gasteiger partial charge in [0.15, 0.2) is 0 Å². The Morgan fingerprint density at radius 3 is 2.41 bits per heavy atom. The van der Waals surface area contributed by atoms with Crippen LogP contribution in [0.4, 0.5) is 0 Å². The Morgan fingerprint density at radius 1 is 1.11 bits per heavy atom. The van der Waals surface area contributed by atoms with E-state index < -0.39 is 16.0 Å². The maximum Gasteiger partial charge on any atom is 0.337 e. The molecule has 0 saturated carbocycles. The fourth-order valence-electron chi connectivity index (χ4n) is 2.54. The van der Waals surface area contributed by atoms with E-state index in [1.807, 2.05) is 36.5 Å². The van der Waals surface area contributed by atoms with Crippen LogP contribution in [-0.4, -0.2) is 37.8 Å². The predicted octanol–water partition coefficient (Wildman–Crippen LogP) is 2.18. The highest BCUT2D eigenvalue weighted by Gasteiger charge is 2.14. The Kier molecular flexibility index (Phi) is 5.68. The van der Waals surface area contributed by atoms with Gasteiger partial charge in [0.1, 0.15) is 0 Å². The molecule has 0 spiro atoms. The summed E-state index contributed by atoms with van der Waals surface area (Å²) >= 11 is 0. The molecule has 3 aromatic rings. The lowest BCUT2D eigenvalue weighted by atomic mass is 10.1. The van der Waals surface area contributed by atoms with Gasteiger partial charge in [0.2, 0.25) is 10.0 Å². The maximum atomic E-state index is 12.3. The zero-order valence-electron chi connectivity index (χ0n) is 14.7. The van der Waals surface area contributed by atoms with Crippen molar-refractivity contribution in [3.8, 4) is 5.69 Å².